The first-order valence-corrected chi connectivity index (χ1v) is 10.5. The number of nitrogens with one attached hydrogen (secondary N) is 2. The smallest absolute Gasteiger partial charge is 0.262 e. The summed E-state index contributed by atoms with van der Waals surface area (Å²) in [4.78, 5) is 23.7. The van der Waals surface area contributed by atoms with Crippen molar-refractivity contribution in [3.63, 3.8) is 0 Å². The molecule has 28 heavy (non-hydrogen) atoms. The van der Waals surface area contributed by atoms with Crippen molar-refractivity contribution < 1.29 is 22.7 Å². The second-order valence-electron chi connectivity index (χ2n) is 6.57. The van der Waals surface area contributed by atoms with Crippen LogP contribution in [-0.4, -0.2) is 32.1 Å². The Morgan fingerprint density at radius 3 is 2.75 bits per heavy atom. The van der Waals surface area contributed by atoms with Gasteiger partial charge in [-0.25, -0.2) is 8.42 Å². The molecule has 0 saturated carbocycles. The van der Waals surface area contributed by atoms with Crippen molar-refractivity contribution in [2.75, 3.05) is 17.2 Å². The zero-order valence-corrected chi connectivity index (χ0v) is 16.9. The van der Waals surface area contributed by atoms with Crippen molar-refractivity contribution in [2.24, 2.45) is 0 Å². The molecular weight excluding hydrogens is 404 g/mol. The highest BCUT2D eigenvalue weighted by atomic mass is 35.5. The molecule has 2 N–H and O–H groups in total. The molecule has 148 valence electrons. The second kappa shape index (κ2) is 7.81. The quantitative estimate of drug-likeness (QED) is 0.770. The normalized spacial score (nSPS) is 14.5. The molecule has 0 fully saturated rings. The van der Waals surface area contributed by atoms with E-state index in [-0.39, 0.29) is 23.8 Å². The minimum atomic E-state index is -3.79. The van der Waals surface area contributed by atoms with Gasteiger partial charge in [-0.3, -0.25) is 9.59 Å². The topological polar surface area (TPSA) is 102 Å². The molecule has 2 aromatic carbocycles. The average molecular weight is 423 g/mol. The van der Waals surface area contributed by atoms with E-state index < -0.39 is 21.0 Å². The SMILES string of the molecule is Cc1ccc(NC(=O)CC(C)S(=O)(=O)c2ccc3c(c2)NC(=O)CO3)cc1Cl. The minimum Gasteiger partial charge on any atom is -0.482 e. The Morgan fingerprint density at radius 2 is 2.04 bits per heavy atom. The van der Waals surface area contributed by atoms with E-state index in [9.17, 15) is 18.0 Å². The molecule has 0 spiro atoms. The molecule has 1 atom stereocenters. The van der Waals surface area contributed by atoms with E-state index in [0.717, 1.165) is 5.56 Å². The Kier molecular flexibility index (Phi) is 5.62. The molecule has 0 saturated heterocycles. The monoisotopic (exact) mass is 422 g/mol. The van der Waals surface area contributed by atoms with Crippen LogP contribution in [0.25, 0.3) is 0 Å². The van der Waals surface area contributed by atoms with Crippen molar-refractivity contribution in [1.82, 2.24) is 0 Å². The molecule has 7 nitrogen and oxygen atoms in total. The van der Waals surface area contributed by atoms with Crippen LogP contribution in [0.3, 0.4) is 0 Å². The molecule has 1 aliphatic heterocycles. The number of hydrogen-bond acceptors (Lipinski definition) is 5. The van der Waals surface area contributed by atoms with E-state index in [1.54, 1.807) is 18.2 Å². The number of amides is 2. The summed E-state index contributed by atoms with van der Waals surface area (Å²) < 4.78 is 30.9. The maximum Gasteiger partial charge on any atom is 0.262 e. The summed E-state index contributed by atoms with van der Waals surface area (Å²) >= 11 is 6.04. The number of ether oxygens (including phenoxy) is 1. The number of benzene rings is 2. The van der Waals surface area contributed by atoms with Crippen LogP contribution in [0.1, 0.15) is 18.9 Å². The Morgan fingerprint density at radius 1 is 1.29 bits per heavy atom. The molecule has 2 amide bonds. The van der Waals surface area contributed by atoms with Gasteiger partial charge in [-0.05, 0) is 49.7 Å². The van der Waals surface area contributed by atoms with Gasteiger partial charge in [-0.2, -0.15) is 0 Å². The van der Waals surface area contributed by atoms with Crippen LogP contribution in [0.5, 0.6) is 5.75 Å². The van der Waals surface area contributed by atoms with E-state index in [1.165, 1.54) is 25.1 Å². The van der Waals surface area contributed by atoms with Crippen LogP contribution in [0, 0.1) is 6.92 Å². The summed E-state index contributed by atoms with van der Waals surface area (Å²) in [6.07, 6.45) is -0.228. The Bertz CT molecular complexity index is 1050. The molecule has 1 heterocycles. The highest BCUT2D eigenvalue weighted by Crippen LogP contribution is 2.31. The molecule has 9 heteroatoms. The highest BCUT2D eigenvalue weighted by molar-refractivity contribution is 7.92. The molecule has 0 aromatic heterocycles. The third-order valence-corrected chi connectivity index (χ3v) is 6.91. The third kappa shape index (κ3) is 4.28. The van der Waals surface area contributed by atoms with E-state index in [0.29, 0.717) is 22.1 Å². The number of fused-ring (bicyclic) bond motifs is 1. The van der Waals surface area contributed by atoms with Gasteiger partial charge in [0.25, 0.3) is 5.91 Å². The molecule has 1 unspecified atom stereocenters. The van der Waals surface area contributed by atoms with Gasteiger partial charge in [0.2, 0.25) is 5.91 Å². The number of aryl methyl sites for hydroxylation is 1. The number of sulfone groups is 1. The van der Waals surface area contributed by atoms with Crippen LogP contribution in [-0.2, 0) is 19.4 Å². The standard InChI is InChI=1S/C19H19ClN2O5S/c1-11-3-4-13(8-15(11)20)21-18(23)7-12(2)28(25,26)14-5-6-17-16(9-14)22-19(24)10-27-17/h3-6,8-9,12H,7,10H2,1-2H3,(H,21,23)(H,22,24). The van der Waals surface area contributed by atoms with E-state index in [4.69, 9.17) is 16.3 Å². The van der Waals surface area contributed by atoms with E-state index in [2.05, 4.69) is 10.6 Å². The molecule has 0 radical (unpaired) electrons. The lowest BCUT2D eigenvalue weighted by atomic mass is 10.2. The van der Waals surface area contributed by atoms with Crippen LogP contribution in [0.15, 0.2) is 41.3 Å². The van der Waals surface area contributed by atoms with Crippen LogP contribution in [0.4, 0.5) is 11.4 Å². The van der Waals surface area contributed by atoms with Gasteiger partial charge in [0.1, 0.15) is 5.75 Å². The summed E-state index contributed by atoms with van der Waals surface area (Å²) in [5, 5.41) is 4.77. The fraction of sp³-hybridized carbons (Fsp3) is 0.263. The predicted molar refractivity (Wildman–Crippen MR) is 107 cm³/mol. The van der Waals surface area contributed by atoms with Crippen LogP contribution >= 0.6 is 11.6 Å². The summed E-state index contributed by atoms with van der Waals surface area (Å²) in [6.45, 7) is 3.19. The Hall–Kier alpha value is -2.58. The largest absolute Gasteiger partial charge is 0.482 e. The van der Waals surface area contributed by atoms with Gasteiger partial charge < -0.3 is 15.4 Å². The second-order valence-corrected chi connectivity index (χ2v) is 9.34. The number of hydrogen-bond donors (Lipinski definition) is 2. The number of rotatable bonds is 5. The fourth-order valence-electron chi connectivity index (χ4n) is 2.72. The van der Waals surface area contributed by atoms with Crippen molar-refractivity contribution in [3.8, 4) is 5.75 Å². The maximum absolute atomic E-state index is 12.8. The van der Waals surface area contributed by atoms with E-state index in [1.807, 2.05) is 6.92 Å². The van der Waals surface area contributed by atoms with Gasteiger partial charge in [-0.1, -0.05) is 17.7 Å². The first-order chi connectivity index (χ1) is 13.2. The van der Waals surface area contributed by atoms with Crippen molar-refractivity contribution in [1.29, 1.82) is 0 Å². The van der Waals surface area contributed by atoms with Gasteiger partial charge in [0, 0.05) is 17.1 Å². The molecule has 0 bridgehead atoms. The Balaban J connectivity index is 1.73. The number of halogens is 1. The summed E-state index contributed by atoms with van der Waals surface area (Å²) in [5.41, 5.74) is 1.67. The summed E-state index contributed by atoms with van der Waals surface area (Å²) in [7, 11) is -3.79. The number of carbonyl (C=O) groups is 2. The fourth-order valence-corrected chi connectivity index (χ4v) is 4.28. The average Bonchev–Trinajstić information content (AvgIpc) is 2.64. The zero-order valence-electron chi connectivity index (χ0n) is 15.3. The maximum atomic E-state index is 12.8. The summed E-state index contributed by atoms with van der Waals surface area (Å²) in [6, 6.07) is 9.31. The number of carbonyl (C=O) groups excluding carboxylic acids is 2. The van der Waals surface area contributed by atoms with Gasteiger partial charge in [0.15, 0.2) is 16.4 Å². The first kappa shape index (κ1) is 20.2. The van der Waals surface area contributed by atoms with Gasteiger partial charge in [0.05, 0.1) is 15.8 Å². The van der Waals surface area contributed by atoms with Gasteiger partial charge in [-0.15, -0.1) is 0 Å². The lowest BCUT2D eigenvalue weighted by Gasteiger charge is -2.19. The van der Waals surface area contributed by atoms with Crippen LogP contribution < -0.4 is 15.4 Å². The van der Waals surface area contributed by atoms with Crippen molar-refractivity contribution in [2.45, 2.75) is 30.4 Å². The first-order valence-electron chi connectivity index (χ1n) is 8.53. The van der Waals surface area contributed by atoms with Crippen LogP contribution in [0.2, 0.25) is 5.02 Å². The summed E-state index contributed by atoms with van der Waals surface area (Å²) in [5.74, 6) is -0.392. The van der Waals surface area contributed by atoms with Crippen molar-refractivity contribution >= 4 is 44.6 Å². The lowest BCUT2D eigenvalue weighted by molar-refractivity contribution is -0.118. The lowest BCUT2D eigenvalue weighted by Crippen LogP contribution is -2.27. The molecule has 0 aliphatic carbocycles. The third-order valence-electron chi connectivity index (χ3n) is 4.37. The minimum absolute atomic E-state index is 0.00994. The van der Waals surface area contributed by atoms with Crippen molar-refractivity contribution in [3.05, 3.63) is 47.0 Å². The molecule has 2 aromatic rings. The predicted octanol–water partition coefficient (Wildman–Crippen LogP) is 3.17. The number of anilines is 2. The Labute approximate surface area is 168 Å². The zero-order chi connectivity index (χ0) is 20.5. The van der Waals surface area contributed by atoms with E-state index >= 15 is 0 Å². The highest BCUT2D eigenvalue weighted by Gasteiger charge is 2.28. The molecular formula is C19H19ClN2O5S. The molecule has 1 aliphatic rings. The molecule has 3 rings (SSSR count). The van der Waals surface area contributed by atoms with Gasteiger partial charge >= 0.3 is 0 Å².